The lowest BCUT2D eigenvalue weighted by molar-refractivity contribution is 0.0460. The molecular formula is C30H36N8O5. The fourth-order valence-electron chi connectivity index (χ4n) is 5.06. The molecule has 0 bridgehead atoms. The van der Waals surface area contributed by atoms with Gasteiger partial charge in [-0.05, 0) is 50.7 Å². The van der Waals surface area contributed by atoms with Crippen LogP contribution in [0.15, 0.2) is 59.7 Å². The van der Waals surface area contributed by atoms with Gasteiger partial charge in [-0.2, -0.15) is 4.98 Å². The number of amides is 1. The van der Waals surface area contributed by atoms with Crippen LogP contribution < -0.4 is 26.2 Å². The lowest BCUT2D eigenvalue weighted by Gasteiger charge is -2.34. The lowest BCUT2D eigenvalue weighted by Crippen LogP contribution is -2.44. The number of anilines is 3. The average molecular weight is 589 g/mol. The highest BCUT2D eigenvalue weighted by atomic mass is 16.7. The Morgan fingerprint density at radius 3 is 2.58 bits per heavy atom. The fourth-order valence-corrected chi connectivity index (χ4v) is 5.06. The van der Waals surface area contributed by atoms with Gasteiger partial charge >= 0.3 is 6.09 Å². The number of benzene rings is 2. The first-order valence-corrected chi connectivity index (χ1v) is 13.9. The molecule has 0 spiro atoms. The number of hydrogen-bond acceptors (Lipinski definition) is 11. The molecule has 43 heavy (non-hydrogen) atoms. The van der Waals surface area contributed by atoms with E-state index in [-0.39, 0.29) is 18.3 Å². The van der Waals surface area contributed by atoms with Gasteiger partial charge in [-0.3, -0.25) is 9.36 Å². The van der Waals surface area contributed by atoms with Crippen molar-refractivity contribution in [1.82, 2.24) is 24.4 Å². The number of piperazine rings is 1. The van der Waals surface area contributed by atoms with Crippen molar-refractivity contribution in [2.75, 3.05) is 57.3 Å². The van der Waals surface area contributed by atoms with Crippen LogP contribution in [-0.4, -0.2) is 83.2 Å². The molecule has 3 heterocycles. The fraction of sp³-hybridized carbons (Fsp3) is 0.367. The highest BCUT2D eigenvalue weighted by Gasteiger charge is 2.23. The molecule has 1 saturated heterocycles. The van der Waals surface area contributed by atoms with E-state index in [1.54, 1.807) is 33.2 Å². The van der Waals surface area contributed by atoms with Crippen molar-refractivity contribution in [3.63, 3.8) is 0 Å². The van der Waals surface area contributed by atoms with Gasteiger partial charge in [0.2, 0.25) is 5.95 Å². The lowest BCUT2D eigenvalue weighted by atomic mass is 9.98. The van der Waals surface area contributed by atoms with Crippen molar-refractivity contribution in [1.29, 1.82) is 0 Å². The Morgan fingerprint density at radius 1 is 1.05 bits per heavy atom. The highest BCUT2D eigenvalue weighted by molar-refractivity contribution is 5.75. The smallest absolute Gasteiger partial charge is 0.405 e. The Kier molecular flexibility index (Phi) is 8.73. The number of carbonyl (C=O) groups excluding carboxylic acids is 1. The van der Waals surface area contributed by atoms with Gasteiger partial charge in [0.25, 0.3) is 5.56 Å². The molecule has 1 aliphatic rings. The summed E-state index contributed by atoms with van der Waals surface area (Å²) in [6.07, 6.45) is 2.33. The van der Waals surface area contributed by atoms with Gasteiger partial charge in [0.05, 0.1) is 23.8 Å². The van der Waals surface area contributed by atoms with Crippen molar-refractivity contribution >= 4 is 34.6 Å². The van der Waals surface area contributed by atoms with Gasteiger partial charge in [0.1, 0.15) is 16.9 Å². The van der Waals surface area contributed by atoms with Crippen LogP contribution in [0.1, 0.15) is 19.4 Å². The molecule has 3 N–H and O–H groups in total. The van der Waals surface area contributed by atoms with Gasteiger partial charge < -0.3 is 35.1 Å². The molecule has 13 nitrogen and oxygen atoms in total. The van der Waals surface area contributed by atoms with E-state index in [0.717, 1.165) is 37.4 Å². The van der Waals surface area contributed by atoms with E-state index in [0.29, 0.717) is 34.7 Å². The molecule has 0 aliphatic carbocycles. The SMILES string of the molecule is COCOc1cc(N2CCN(C)CC2)ccc1Nc1ncc2ncc(=O)n(-c3cccc(CC(C)(C)OC(N)=O)c3)c2n1. The Hall–Kier alpha value is -4.75. The Labute approximate surface area is 249 Å². The summed E-state index contributed by atoms with van der Waals surface area (Å²) in [5.41, 5.74) is 7.91. The second-order valence-electron chi connectivity index (χ2n) is 11.0. The third-order valence-electron chi connectivity index (χ3n) is 7.08. The van der Waals surface area contributed by atoms with E-state index < -0.39 is 11.7 Å². The molecule has 0 saturated carbocycles. The number of hydrogen-bond donors (Lipinski definition) is 2. The number of carbonyl (C=O) groups is 1. The number of aromatic nitrogens is 4. The van der Waals surface area contributed by atoms with Crippen LogP contribution >= 0.6 is 0 Å². The number of rotatable bonds is 10. The van der Waals surface area contributed by atoms with Crippen molar-refractivity contribution in [2.24, 2.45) is 5.73 Å². The second kappa shape index (κ2) is 12.6. The van der Waals surface area contributed by atoms with Crippen molar-refractivity contribution < 1.29 is 19.0 Å². The number of nitrogens with one attached hydrogen (secondary N) is 1. The number of nitrogens with zero attached hydrogens (tertiary/aromatic N) is 6. The van der Waals surface area contributed by atoms with E-state index in [9.17, 15) is 9.59 Å². The summed E-state index contributed by atoms with van der Waals surface area (Å²) in [4.78, 5) is 42.4. The van der Waals surface area contributed by atoms with Crippen LogP contribution in [0.3, 0.4) is 0 Å². The van der Waals surface area contributed by atoms with Crippen molar-refractivity contribution in [2.45, 2.75) is 25.9 Å². The van der Waals surface area contributed by atoms with Gasteiger partial charge in [-0.1, -0.05) is 12.1 Å². The van der Waals surface area contributed by atoms with Gasteiger partial charge in [0.15, 0.2) is 12.4 Å². The summed E-state index contributed by atoms with van der Waals surface area (Å²) in [5.74, 6) is 0.842. The van der Waals surface area contributed by atoms with E-state index in [2.05, 4.69) is 37.1 Å². The standard InChI is InChI=1S/C30H36N8O5/c1-30(2,43-28(31)40)16-20-6-5-7-22(14-20)38-26(39)18-32-24-17-33-29(35-27(24)38)34-23-9-8-21(15-25(23)42-19-41-4)37-12-10-36(3)11-13-37/h5-9,14-15,17-18H,10-13,16,19H2,1-4H3,(H2,31,40)(H,33,34,35). The van der Waals surface area contributed by atoms with Crippen LogP contribution in [0, 0.1) is 0 Å². The van der Waals surface area contributed by atoms with Crippen LogP contribution in [-0.2, 0) is 15.9 Å². The first kappa shape index (κ1) is 29.7. The maximum Gasteiger partial charge on any atom is 0.405 e. The van der Waals surface area contributed by atoms with Gasteiger partial charge in [-0.25, -0.2) is 14.8 Å². The molecule has 4 aromatic rings. The minimum Gasteiger partial charge on any atom is -0.465 e. The van der Waals surface area contributed by atoms with Crippen molar-refractivity contribution in [3.05, 3.63) is 70.8 Å². The monoisotopic (exact) mass is 588 g/mol. The number of nitrogens with two attached hydrogens (primary N) is 1. The third-order valence-corrected chi connectivity index (χ3v) is 7.08. The molecule has 2 aromatic heterocycles. The largest absolute Gasteiger partial charge is 0.465 e. The van der Waals surface area contributed by atoms with E-state index in [4.69, 9.17) is 19.9 Å². The average Bonchev–Trinajstić information content (AvgIpc) is 2.96. The zero-order valence-corrected chi connectivity index (χ0v) is 24.7. The highest BCUT2D eigenvalue weighted by Crippen LogP contribution is 2.32. The zero-order valence-electron chi connectivity index (χ0n) is 24.7. The normalized spacial score (nSPS) is 14.1. The Bertz CT molecular complexity index is 1670. The summed E-state index contributed by atoms with van der Waals surface area (Å²) in [6, 6.07) is 13.3. The summed E-state index contributed by atoms with van der Waals surface area (Å²) >= 11 is 0. The summed E-state index contributed by atoms with van der Waals surface area (Å²) in [6.45, 7) is 7.41. The van der Waals surface area contributed by atoms with Crippen LogP contribution in [0.4, 0.5) is 22.1 Å². The number of primary amides is 1. The zero-order chi connectivity index (χ0) is 30.6. The van der Waals surface area contributed by atoms with Crippen LogP contribution in [0.2, 0.25) is 0 Å². The summed E-state index contributed by atoms with van der Waals surface area (Å²) in [7, 11) is 3.69. The van der Waals surface area contributed by atoms with Gasteiger partial charge in [0, 0.05) is 51.5 Å². The predicted octanol–water partition coefficient (Wildman–Crippen LogP) is 3.07. The summed E-state index contributed by atoms with van der Waals surface area (Å²) in [5, 5.41) is 3.24. The maximum absolute atomic E-state index is 13.1. The quantitative estimate of drug-likeness (QED) is 0.263. The van der Waals surface area contributed by atoms with E-state index >= 15 is 0 Å². The second-order valence-corrected chi connectivity index (χ2v) is 11.0. The summed E-state index contributed by atoms with van der Waals surface area (Å²) < 4.78 is 17.8. The van der Waals surface area contributed by atoms with Crippen molar-refractivity contribution in [3.8, 4) is 11.4 Å². The molecule has 1 fully saturated rings. The molecule has 13 heteroatoms. The molecule has 2 aromatic carbocycles. The molecule has 226 valence electrons. The number of methoxy groups -OCH3 is 1. The number of fused-ring (bicyclic) bond motifs is 1. The molecular weight excluding hydrogens is 552 g/mol. The maximum atomic E-state index is 13.1. The first-order valence-electron chi connectivity index (χ1n) is 13.9. The van der Waals surface area contributed by atoms with Crippen LogP contribution in [0.5, 0.6) is 5.75 Å². The molecule has 1 aliphatic heterocycles. The molecule has 0 radical (unpaired) electrons. The minimum atomic E-state index is -0.848. The molecule has 1 amide bonds. The third kappa shape index (κ3) is 7.19. The predicted molar refractivity (Wildman–Crippen MR) is 163 cm³/mol. The van der Waals surface area contributed by atoms with Gasteiger partial charge in [-0.15, -0.1) is 0 Å². The molecule has 0 atom stereocenters. The Balaban J connectivity index is 1.47. The van der Waals surface area contributed by atoms with E-state index in [1.807, 2.05) is 36.4 Å². The van der Waals surface area contributed by atoms with E-state index in [1.165, 1.54) is 10.8 Å². The first-order chi connectivity index (χ1) is 20.6. The molecule has 5 rings (SSSR count). The number of ether oxygens (including phenoxy) is 3. The molecule has 0 unspecified atom stereocenters. The topological polar surface area (TPSA) is 150 Å². The number of likely N-dealkylation sites (N-methyl/N-ethyl adjacent to an activating group) is 1. The minimum absolute atomic E-state index is 0.0700. The van der Waals surface area contributed by atoms with Crippen LogP contribution in [0.25, 0.3) is 16.9 Å². The Morgan fingerprint density at radius 2 is 1.84 bits per heavy atom.